The molecule has 0 aliphatic rings. The van der Waals surface area contributed by atoms with Gasteiger partial charge in [0.05, 0.1) is 6.54 Å². The Bertz CT molecular complexity index is 598. The lowest BCUT2D eigenvalue weighted by Crippen LogP contribution is -2.14. The van der Waals surface area contributed by atoms with Gasteiger partial charge in [-0.15, -0.1) is 0 Å². The molecular formula is C14H19N3O2. The number of aliphatic imine (C=N–C) groups is 1. The van der Waals surface area contributed by atoms with Crippen molar-refractivity contribution in [1.29, 1.82) is 0 Å². The van der Waals surface area contributed by atoms with Gasteiger partial charge in [0.1, 0.15) is 5.52 Å². The predicted molar refractivity (Wildman–Crippen MR) is 75.8 cm³/mol. The van der Waals surface area contributed by atoms with Crippen LogP contribution in [0.1, 0.15) is 32.6 Å². The number of rotatable bonds is 7. The van der Waals surface area contributed by atoms with E-state index >= 15 is 0 Å². The van der Waals surface area contributed by atoms with Crippen molar-refractivity contribution < 1.29 is 4.42 Å². The molecule has 5 nitrogen and oxygen atoms in total. The summed E-state index contributed by atoms with van der Waals surface area (Å²) in [5, 5.41) is 0. The number of aromatic nitrogens is 2. The van der Waals surface area contributed by atoms with E-state index < -0.39 is 0 Å². The highest BCUT2D eigenvalue weighted by Crippen LogP contribution is 2.07. The van der Waals surface area contributed by atoms with Gasteiger partial charge in [0.25, 0.3) is 0 Å². The molecular weight excluding hydrogens is 242 g/mol. The van der Waals surface area contributed by atoms with E-state index in [9.17, 15) is 4.79 Å². The minimum absolute atomic E-state index is 0.379. The largest absolute Gasteiger partial charge is 0.421 e. The maximum Gasteiger partial charge on any atom is 0.421 e. The molecule has 0 aliphatic carbocycles. The van der Waals surface area contributed by atoms with Crippen LogP contribution >= 0.6 is 0 Å². The summed E-state index contributed by atoms with van der Waals surface area (Å²) in [5.74, 6) is -0.383. The Hall–Kier alpha value is -1.91. The molecule has 5 heteroatoms. The zero-order valence-electron chi connectivity index (χ0n) is 11.2. The van der Waals surface area contributed by atoms with Gasteiger partial charge >= 0.3 is 5.76 Å². The molecule has 2 rings (SSSR count). The molecule has 2 aromatic rings. The van der Waals surface area contributed by atoms with Crippen LogP contribution in [0.25, 0.3) is 11.2 Å². The van der Waals surface area contributed by atoms with Gasteiger partial charge in [-0.1, -0.05) is 26.2 Å². The summed E-state index contributed by atoms with van der Waals surface area (Å²) >= 11 is 0. The van der Waals surface area contributed by atoms with Crippen LogP contribution in [0.5, 0.6) is 0 Å². The molecule has 0 saturated heterocycles. The van der Waals surface area contributed by atoms with Crippen molar-refractivity contribution in [2.75, 3.05) is 6.54 Å². The fraction of sp³-hybridized carbons (Fsp3) is 0.500. The van der Waals surface area contributed by atoms with Crippen molar-refractivity contribution in [1.82, 2.24) is 9.55 Å². The minimum atomic E-state index is -0.383. The molecule has 0 saturated carbocycles. The van der Waals surface area contributed by atoms with E-state index in [1.165, 1.54) is 23.8 Å². The van der Waals surface area contributed by atoms with Crippen LogP contribution in [0, 0.1) is 0 Å². The van der Waals surface area contributed by atoms with E-state index in [2.05, 4.69) is 16.9 Å². The van der Waals surface area contributed by atoms with Crippen LogP contribution in [0.4, 0.5) is 0 Å². The summed E-state index contributed by atoms with van der Waals surface area (Å²) in [6.07, 6.45) is 8.19. The maximum atomic E-state index is 11.6. The van der Waals surface area contributed by atoms with E-state index in [4.69, 9.17) is 4.42 Å². The minimum Gasteiger partial charge on any atom is -0.389 e. The van der Waals surface area contributed by atoms with Crippen molar-refractivity contribution >= 4 is 17.4 Å². The molecule has 19 heavy (non-hydrogen) atoms. The van der Waals surface area contributed by atoms with Gasteiger partial charge in [-0.2, -0.15) is 0 Å². The van der Waals surface area contributed by atoms with E-state index in [1.807, 2.05) is 6.07 Å². The first-order valence-corrected chi connectivity index (χ1v) is 6.75. The van der Waals surface area contributed by atoms with Crippen molar-refractivity contribution in [3.63, 3.8) is 0 Å². The molecule has 0 spiro atoms. The average molecular weight is 261 g/mol. The number of oxazole rings is 1. The van der Waals surface area contributed by atoms with Crippen LogP contribution in [0.15, 0.2) is 32.5 Å². The Balaban J connectivity index is 1.93. The number of fused-ring (bicyclic) bond motifs is 1. The lowest BCUT2D eigenvalue weighted by molar-refractivity contribution is 0.516. The van der Waals surface area contributed by atoms with Gasteiger partial charge in [-0.05, 0) is 18.6 Å². The SMILES string of the molecule is CCCCCCN=CCn1c(=O)oc2ncccc21. The maximum absolute atomic E-state index is 11.6. The summed E-state index contributed by atoms with van der Waals surface area (Å²) in [6.45, 7) is 3.45. The predicted octanol–water partition coefficient (Wildman–Crippen LogP) is 2.64. The molecule has 0 aliphatic heterocycles. The van der Waals surface area contributed by atoms with Crippen molar-refractivity contribution in [2.24, 2.45) is 4.99 Å². The molecule has 102 valence electrons. The lowest BCUT2D eigenvalue weighted by Gasteiger charge is -1.96. The van der Waals surface area contributed by atoms with E-state index in [0.29, 0.717) is 17.8 Å². The highest BCUT2D eigenvalue weighted by Gasteiger charge is 2.07. The summed E-state index contributed by atoms with van der Waals surface area (Å²) in [5.41, 5.74) is 1.09. The smallest absolute Gasteiger partial charge is 0.389 e. The quantitative estimate of drug-likeness (QED) is 0.568. The first-order valence-electron chi connectivity index (χ1n) is 6.75. The number of hydrogen-bond donors (Lipinski definition) is 0. The van der Waals surface area contributed by atoms with Gasteiger partial charge in [-0.3, -0.25) is 9.56 Å². The standard InChI is InChI=1S/C14H19N3O2/c1-2-3-4-5-8-15-10-11-17-12-7-6-9-16-13(12)19-14(17)18/h6-7,9-10H,2-5,8,11H2,1H3. The molecule has 0 atom stereocenters. The van der Waals surface area contributed by atoms with Crippen LogP contribution in [0.3, 0.4) is 0 Å². The van der Waals surface area contributed by atoms with Crippen molar-refractivity contribution in [2.45, 2.75) is 39.2 Å². The second-order valence-electron chi connectivity index (χ2n) is 4.46. The third kappa shape index (κ3) is 3.53. The van der Waals surface area contributed by atoms with Gasteiger partial charge in [0.15, 0.2) is 0 Å². The Morgan fingerprint density at radius 2 is 2.32 bits per heavy atom. The summed E-state index contributed by atoms with van der Waals surface area (Å²) < 4.78 is 6.58. The van der Waals surface area contributed by atoms with E-state index in [0.717, 1.165) is 13.0 Å². The highest BCUT2D eigenvalue weighted by molar-refractivity contribution is 5.70. The fourth-order valence-electron chi connectivity index (χ4n) is 1.94. The summed E-state index contributed by atoms with van der Waals surface area (Å²) in [7, 11) is 0. The molecule has 2 heterocycles. The Morgan fingerprint density at radius 1 is 1.42 bits per heavy atom. The Labute approximate surface area is 112 Å². The summed E-state index contributed by atoms with van der Waals surface area (Å²) in [6, 6.07) is 3.61. The Morgan fingerprint density at radius 3 is 3.16 bits per heavy atom. The van der Waals surface area contributed by atoms with Crippen molar-refractivity contribution in [3.05, 3.63) is 28.9 Å². The molecule has 0 radical (unpaired) electrons. The third-order valence-corrected chi connectivity index (χ3v) is 2.98. The fourth-order valence-corrected chi connectivity index (χ4v) is 1.94. The van der Waals surface area contributed by atoms with Gasteiger partial charge in [0, 0.05) is 19.0 Å². The van der Waals surface area contributed by atoms with Gasteiger partial charge < -0.3 is 4.42 Å². The van der Waals surface area contributed by atoms with Crippen LogP contribution < -0.4 is 5.76 Å². The number of hydrogen-bond acceptors (Lipinski definition) is 4. The first-order chi connectivity index (χ1) is 9.33. The average Bonchev–Trinajstić information content (AvgIpc) is 2.74. The van der Waals surface area contributed by atoms with Crippen LogP contribution in [-0.4, -0.2) is 22.3 Å². The summed E-state index contributed by atoms with van der Waals surface area (Å²) in [4.78, 5) is 20.0. The molecule has 0 N–H and O–H groups in total. The zero-order chi connectivity index (χ0) is 13.5. The molecule has 0 amide bonds. The number of unbranched alkanes of at least 4 members (excludes halogenated alkanes) is 3. The number of nitrogens with zero attached hydrogens (tertiary/aromatic N) is 3. The third-order valence-electron chi connectivity index (χ3n) is 2.98. The molecule has 0 bridgehead atoms. The number of pyridine rings is 1. The van der Waals surface area contributed by atoms with Gasteiger partial charge in [0.2, 0.25) is 5.71 Å². The van der Waals surface area contributed by atoms with E-state index in [-0.39, 0.29) is 5.76 Å². The molecule has 0 fully saturated rings. The lowest BCUT2D eigenvalue weighted by atomic mass is 10.2. The van der Waals surface area contributed by atoms with Crippen LogP contribution in [0.2, 0.25) is 0 Å². The second kappa shape index (κ2) is 6.87. The topological polar surface area (TPSA) is 60.4 Å². The zero-order valence-corrected chi connectivity index (χ0v) is 11.2. The molecule has 2 aromatic heterocycles. The second-order valence-corrected chi connectivity index (χ2v) is 4.46. The molecule has 0 aromatic carbocycles. The van der Waals surface area contributed by atoms with Crippen LogP contribution in [-0.2, 0) is 6.54 Å². The van der Waals surface area contributed by atoms with Crippen molar-refractivity contribution in [3.8, 4) is 0 Å². The molecule has 0 unspecified atom stereocenters. The Kier molecular flexibility index (Phi) is 4.89. The monoisotopic (exact) mass is 261 g/mol. The first kappa shape index (κ1) is 13.5. The normalized spacial score (nSPS) is 11.6. The van der Waals surface area contributed by atoms with Gasteiger partial charge in [-0.25, -0.2) is 9.78 Å². The highest BCUT2D eigenvalue weighted by atomic mass is 16.4. The van der Waals surface area contributed by atoms with E-state index in [1.54, 1.807) is 18.5 Å².